The van der Waals surface area contributed by atoms with Gasteiger partial charge in [-0.05, 0) is 37.0 Å². The lowest BCUT2D eigenvalue weighted by atomic mass is 10.1. The zero-order chi connectivity index (χ0) is 15.9. The summed E-state index contributed by atoms with van der Waals surface area (Å²) in [6.45, 7) is 1.64. The molecule has 1 atom stereocenters. The molecule has 3 N–H and O–H groups in total. The molecular weight excluding hydrogens is 282 g/mol. The van der Waals surface area contributed by atoms with Crippen molar-refractivity contribution in [3.8, 4) is 5.75 Å². The highest BCUT2D eigenvalue weighted by atomic mass is 16.5. The van der Waals surface area contributed by atoms with Gasteiger partial charge in [0, 0.05) is 19.6 Å². The third-order valence-electron chi connectivity index (χ3n) is 3.96. The molecule has 22 heavy (non-hydrogen) atoms. The number of amides is 3. The number of carbonyl (C=O) groups excluding carboxylic acids is 2. The van der Waals surface area contributed by atoms with E-state index < -0.39 is 0 Å². The van der Waals surface area contributed by atoms with Gasteiger partial charge in [-0.3, -0.25) is 4.79 Å². The molecule has 1 heterocycles. The third-order valence-corrected chi connectivity index (χ3v) is 3.96. The normalized spacial score (nSPS) is 17.3. The van der Waals surface area contributed by atoms with E-state index in [-0.39, 0.29) is 17.9 Å². The predicted molar refractivity (Wildman–Crippen MR) is 83.6 cm³/mol. The molecule has 1 aromatic rings. The van der Waals surface area contributed by atoms with Crippen molar-refractivity contribution in [1.29, 1.82) is 0 Å². The smallest absolute Gasteiger partial charge is 0.317 e. The van der Waals surface area contributed by atoms with Crippen molar-refractivity contribution in [1.82, 2.24) is 10.2 Å². The van der Waals surface area contributed by atoms with E-state index in [4.69, 9.17) is 10.5 Å². The van der Waals surface area contributed by atoms with Gasteiger partial charge < -0.3 is 20.7 Å². The number of nitrogens with zero attached hydrogens (tertiary/aromatic N) is 1. The van der Waals surface area contributed by atoms with Crippen LogP contribution in [0.3, 0.4) is 0 Å². The van der Waals surface area contributed by atoms with Gasteiger partial charge in [0.2, 0.25) is 5.91 Å². The number of ether oxygens (including phenoxy) is 1. The van der Waals surface area contributed by atoms with E-state index in [2.05, 4.69) is 5.32 Å². The van der Waals surface area contributed by atoms with Crippen LogP contribution in [0.15, 0.2) is 24.3 Å². The number of hydrogen-bond acceptors (Lipinski definition) is 3. The molecule has 6 heteroatoms. The van der Waals surface area contributed by atoms with Crippen molar-refractivity contribution in [3.05, 3.63) is 29.8 Å². The SMILES string of the molecule is COc1ccc(CCCNC(=O)N2CC[C@H](C(N)=O)C2)cc1. The van der Waals surface area contributed by atoms with Crippen molar-refractivity contribution in [3.63, 3.8) is 0 Å². The Bertz CT molecular complexity index is 516. The predicted octanol–water partition coefficient (Wildman–Crippen LogP) is 1.14. The molecular formula is C16H23N3O3. The fourth-order valence-electron chi connectivity index (χ4n) is 2.57. The summed E-state index contributed by atoms with van der Waals surface area (Å²) < 4.78 is 5.11. The Kier molecular flexibility index (Phi) is 5.63. The van der Waals surface area contributed by atoms with E-state index >= 15 is 0 Å². The number of methoxy groups -OCH3 is 1. The topological polar surface area (TPSA) is 84.7 Å². The summed E-state index contributed by atoms with van der Waals surface area (Å²) in [6.07, 6.45) is 2.42. The highest BCUT2D eigenvalue weighted by Gasteiger charge is 2.29. The largest absolute Gasteiger partial charge is 0.497 e. The first-order valence-electron chi connectivity index (χ1n) is 7.55. The standard InChI is InChI=1S/C16H23N3O3/c1-22-14-6-4-12(5-7-14)3-2-9-18-16(21)19-10-8-13(11-19)15(17)20/h4-7,13H,2-3,8-11H2,1H3,(H2,17,20)(H,18,21)/t13-/m0/s1. The zero-order valence-corrected chi connectivity index (χ0v) is 12.9. The number of hydrogen-bond donors (Lipinski definition) is 2. The molecule has 0 aliphatic carbocycles. The van der Waals surface area contributed by atoms with E-state index in [1.807, 2.05) is 24.3 Å². The van der Waals surface area contributed by atoms with Crippen LogP contribution in [0.25, 0.3) is 0 Å². The van der Waals surface area contributed by atoms with Crippen LogP contribution in [0.1, 0.15) is 18.4 Å². The average Bonchev–Trinajstić information content (AvgIpc) is 3.02. The van der Waals surface area contributed by atoms with Crippen LogP contribution in [0, 0.1) is 5.92 Å². The van der Waals surface area contributed by atoms with Crippen molar-refractivity contribution in [2.24, 2.45) is 11.7 Å². The monoisotopic (exact) mass is 305 g/mol. The van der Waals surface area contributed by atoms with Crippen LogP contribution >= 0.6 is 0 Å². The molecule has 0 bridgehead atoms. The van der Waals surface area contributed by atoms with Crippen molar-refractivity contribution in [2.45, 2.75) is 19.3 Å². The highest BCUT2D eigenvalue weighted by molar-refractivity contribution is 5.80. The Morgan fingerprint density at radius 2 is 2.09 bits per heavy atom. The molecule has 3 amide bonds. The summed E-state index contributed by atoms with van der Waals surface area (Å²) >= 11 is 0. The Morgan fingerprint density at radius 1 is 1.36 bits per heavy atom. The van der Waals surface area contributed by atoms with Crippen LogP contribution in [0.5, 0.6) is 5.75 Å². The van der Waals surface area contributed by atoms with Crippen molar-refractivity contribution < 1.29 is 14.3 Å². The first-order chi connectivity index (χ1) is 10.6. The molecule has 2 rings (SSSR count). The number of benzene rings is 1. The summed E-state index contributed by atoms with van der Waals surface area (Å²) in [5, 5.41) is 2.89. The molecule has 0 unspecified atom stereocenters. The lowest BCUT2D eigenvalue weighted by molar-refractivity contribution is -0.121. The van der Waals surface area contributed by atoms with Crippen LogP contribution < -0.4 is 15.8 Å². The molecule has 1 aliphatic heterocycles. The van der Waals surface area contributed by atoms with Gasteiger partial charge in [0.15, 0.2) is 0 Å². The van der Waals surface area contributed by atoms with Crippen LogP contribution in [0.4, 0.5) is 4.79 Å². The van der Waals surface area contributed by atoms with Crippen LogP contribution in [-0.4, -0.2) is 43.6 Å². The van der Waals surface area contributed by atoms with E-state index in [0.29, 0.717) is 26.1 Å². The number of likely N-dealkylation sites (tertiary alicyclic amines) is 1. The summed E-state index contributed by atoms with van der Waals surface area (Å²) in [5.74, 6) is 0.315. The minimum absolute atomic E-state index is 0.113. The van der Waals surface area contributed by atoms with Gasteiger partial charge in [-0.15, -0.1) is 0 Å². The number of carbonyl (C=O) groups is 2. The van der Waals surface area contributed by atoms with Crippen molar-refractivity contribution >= 4 is 11.9 Å². The molecule has 0 saturated carbocycles. The molecule has 1 aromatic carbocycles. The number of nitrogens with two attached hydrogens (primary N) is 1. The molecule has 0 radical (unpaired) electrons. The number of urea groups is 1. The number of nitrogens with one attached hydrogen (secondary N) is 1. The lowest BCUT2D eigenvalue weighted by Crippen LogP contribution is -2.39. The second kappa shape index (κ2) is 7.68. The van der Waals surface area contributed by atoms with Gasteiger partial charge >= 0.3 is 6.03 Å². The summed E-state index contributed by atoms with van der Waals surface area (Å²) in [6, 6.07) is 7.81. The first kappa shape index (κ1) is 16.1. The maximum atomic E-state index is 12.0. The minimum Gasteiger partial charge on any atom is -0.497 e. The van der Waals surface area contributed by atoms with Crippen molar-refractivity contribution in [2.75, 3.05) is 26.7 Å². The highest BCUT2D eigenvalue weighted by Crippen LogP contribution is 2.15. The van der Waals surface area contributed by atoms with Gasteiger partial charge in [0.05, 0.1) is 13.0 Å². The van der Waals surface area contributed by atoms with E-state index in [1.54, 1.807) is 12.0 Å². The Balaban J connectivity index is 1.66. The third kappa shape index (κ3) is 4.38. The quantitative estimate of drug-likeness (QED) is 0.773. The van der Waals surface area contributed by atoms with Gasteiger partial charge in [-0.1, -0.05) is 12.1 Å². The molecule has 0 aromatic heterocycles. The second-order valence-electron chi connectivity index (χ2n) is 5.52. The Labute approximate surface area is 130 Å². The fraction of sp³-hybridized carbons (Fsp3) is 0.500. The van der Waals surface area contributed by atoms with Crippen LogP contribution in [0.2, 0.25) is 0 Å². The molecule has 1 fully saturated rings. The van der Waals surface area contributed by atoms with E-state index in [1.165, 1.54) is 5.56 Å². The summed E-state index contributed by atoms with van der Waals surface area (Å²) in [5.41, 5.74) is 6.47. The number of primary amides is 1. The average molecular weight is 305 g/mol. The molecule has 6 nitrogen and oxygen atoms in total. The first-order valence-corrected chi connectivity index (χ1v) is 7.55. The van der Waals surface area contributed by atoms with E-state index in [9.17, 15) is 9.59 Å². The number of aryl methyl sites for hydroxylation is 1. The summed E-state index contributed by atoms with van der Waals surface area (Å²) in [4.78, 5) is 24.7. The number of rotatable bonds is 6. The molecule has 120 valence electrons. The second-order valence-corrected chi connectivity index (χ2v) is 5.52. The van der Waals surface area contributed by atoms with Gasteiger partial charge in [-0.25, -0.2) is 4.79 Å². The minimum atomic E-state index is -0.324. The fourth-order valence-corrected chi connectivity index (χ4v) is 2.57. The van der Waals surface area contributed by atoms with Gasteiger partial charge in [-0.2, -0.15) is 0 Å². The summed E-state index contributed by atoms with van der Waals surface area (Å²) in [7, 11) is 1.64. The lowest BCUT2D eigenvalue weighted by Gasteiger charge is -2.16. The van der Waals surface area contributed by atoms with Gasteiger partial charge in [0.1, 0.15) is 5.75 Å². The molecule has 0 spiro atoms. The Hall–Kier alpha value is -2.24. The maximum Gasteiger partial charge on any atom is 0.317 e. The van der Waals surface area contributed by atoms with E-state index in [0.717, 1.165) is 18.6 Å². The molecule has 1 saturated heterocycles. The maximum absolute atomic E-state index is 12.0. The molecule has 1 aliphatic rings. The zero-order valence-electron chi connectivity index (χ0n) is 12.9. The van der Waals surface area contributed by atoms with Gasteiger partial charge in [0.25, 0.3) is 0 Å². The Morgan fingerprint density at radius 3 is 2.68 bits per heavy atom. The van der Waals surface area contributed by atoms with Crippen LogP contribution in [-0.2, 0) is 11.2 Å².